The van der Waals surface area contributed by atoms with E-state index in [0.29, 0.717) is 6.04 Å². The highest BCUT2D eigenvalue weighted by atomic mass is 16.1. The molecule has 1 amide bonds. The fourth-order valence-corrected chi connectivity index (χ4v) is 2.94. The number of nitrogens with zero attached hydrogens (tertiary/aromatic N) is 2. The molecule has 5 heteroatoms. The van der Waals surface area contributed by atoms with E-state index in [1.807, 2.05) is 20.3 Å². The molecule has 18 heavy (non-hydrogen) atoms. The maximum absolute atomic E-state index is 11.7. The first-order valence-corrected chi connectivity index (χ1v) is 6.49. The van der Waals surface area contributed by atoms with Crippen LogP contribution in [-0.4, -0.2) is 28.0 Å². The molecule has 2 unspecified atom stereocenters. The first kappa shape index (κ1) is 13.1. The number of rotatable bonds is 3. The zero-order valence-corrected chi connectivity index (χ0v) is 11.4. The van der Waals surface area contributed by atoms with Crippen molar-refractivity contribution in [2.45, 2.75) is 51.1 Å². The Hall–Kier alpha value is -1.36. The van der Waals surface area contributed by atoms with Crippen LogP contribution in [0.2, 0.25) is 0 Å². The standard InChI is InChI=1S/C13H22N4O/c1-9-10(2)17(8-16-9)11-5-4-6-13(7-11,15-3)12(14)18/h8,11,15H,4-7H2,1-3H3,(H2,14,18). The number of aromatic nitrogens is 2. The van der Waals surface area contributed by atoms with Gasteiger partial charge in [0.25, 0.3) is 0 Å². The number of imidazole rings is 1. The van der Waals surface area contributed by atoms with Crippen LogP contribution >= 0.6 is 0 Å². The Kier molecular flexibility index (Phi) is 3.43. The Labute approximate surface area is 108 Å². The highest BCUT2D eigenvalue weighted by Crippen LogP contribution is 2.36. The fourth-order valence-electron chi connectivity index (χ4n) is 2.94. The van der Waals surface area contributed by atoms with E-state index in [2.05, 4.69) is 21.8 Å². The summed E-state index contributed by atoms with van der Waals surface area (Å²) in [4.78, 5) is 16.0. The summed E-state index contributed by atoms with van der Waals surface area (Å²) < 4.78 is 2.18. The van der Waals surface area contributed by atoms with Gasteiger partial charge in [0.15, 0.2) is 0 Å². The molecule has 3 N–H and O–H groups in total. The van der Waals surface area contributed by atoms with E-state index in [1.165, 1.54) is 5.69 Å². The summed E-state index contributed by atoms with van der Waals surface area (Å²) in [6, 6.07) is 0.305. The van der Waals surface area contributed by atoms with Crippen molar-refractivity contribution in [3.63, 3.8) is 0 Å². The third-order valence-corrected chi connectivity index (χ3v) is 4.36. The van der Waals surface area contributed by atoms with E-state index in [0.717, 1.165) is 31.4 Å². The smallest absolute Gasteiger partial charge is 0.237 e. The SMILES string of the molecule is CNC1(C(N)=O)CCCC(n2cnc(C)c2C)C1. The zero-order chi connectivity index (χ0) is 13.3. The predicted octanol–water partition coefficient (Wildman–Crippen LogP) is 1.06. The molecule has 1 aromatic rings. The number of nitrogens with two attached hydrogens (primary N) is 1. The Morgan fingerprint density at radius 1 is 1.61 bits per heavy atom. The fraction of sp³-hybridized carbons (Fsp3) is 0.692. The van der Waals surface area contributed by atoms with Gasteiger partial charge >= 0.3 is 0 Å². The second-order valence-corrected chi connectivity index (χ2v) is 5.27. The molecule has 0 aliphatic heterocycles. The summed E-state index contributed by atoms with van der Waals surface area (Å²) >= 11 is 0. The minimum absolute atomic E-state index is 0.246. The van der Waals surface area contributed by atoms with Gasteiger partial charge in [0, 0.05) is 11.7 Å². The summed E-state index contributed by atoms with van der Waals surface area (Å²) in [5.41, 5.74) is 7.24. The molecule has 0 saturated heterocycles. The van der Waals surface area contributed by atoms with E-state index in [1.54, 1.807) is 0 Å². The largest absolute Gasteiger partial charge is 0.368 e. The molecular formula is C13H22N4O. The van der Waals surface area contributed by atoms with E-state index in [9.17, 15) is 4.79 Å². The number of aryl methyl sites for hydroxylation is 1. The molecule has 1 saturated carbocycles. The molecule has 1 aromatic heterocycles. The molecule has 0 aromatic carbocycles. The summed E-state index contributed by atoms with van der Waals surface area (Å²) in [6.45, 7) is 4.08. The normalized spacial score (nSPS) is 28.3. The highest BCUT2D eigenvalue weighted by molar-refractivity contribution is 5.84. The molecular weight excluding hydrogens is 228 g/mol. The van der Waals surface area contributed by atoms with Gasteiger partial charge in [0.1, 0.15) is 0 Å². The van der Waals surface area contributed by atoms with Crippen LogP contribution < -0.4 is 11.1 Å². The number of primary amides is 1. The first-order valence-electron chi connectivity index (χ1n) is 6.49. The topological polar surface area (TPSA) is 72.9 Å². The van der Waals surface area contributed by atoms with Gasteiger partial charge in [-0.1, -0.05) is 0 Å². The van der Waals surface area contributed by atoms with Crippen molar-refractivity contribution in [2.24, 2.45) is 5.73 Å². The Morgan fingerprint density at radius 3 is 2.83 bits per heavy atom. The van der Waals surface area contributed by atoms with E-state index in [4.69, 9.17) is 5.73 Å². The van der Waals surface area contributed by atoms with Crippen LogP contribution in [0.1, 0.15) is 43.1 Å². The van der Waals surface area contributed by atoms with Crippen LogP contribution in [0.25, 0.3) is 0 Å². The van der Waals surface area contributed by atoms with Crippen LogP contribution in [-0.2, 0) is 4.79 Å². The first-order chi connectivity index (χ1) is 8.50. The molecule has 2 rings (SSSR count). The summed E-state index contributed by atoms with van der Waals surface area (Å²) in [5, 5.41) is 3.13. The Bertz CT molecular complexity index is 454. The van der Waals surface area contributed by atoms with E-state index < -0.39 is 5.54 Å². The van der Waals surface area contributed by atoms with E-state index >= 15 is 0 Å². The summed E-state index contributed by atoms with van der Waals surface area (Å²) in [5.74, 6) is -0.246. The highest BCUT2D eigenvalue weighted by Gasteiger charge is 2.40. The second-order valence-electron chi connectivity index (χ2n) is 5.27. The number of nitrogens with one attached hydrogen (secondary N) is 1. The lowest BCUT2D eigenvalue weighted by atomic mass is 9.78. The van der Waals surface area contributed by atoms with Crippen LogP contribution in [0, 0.1) is 13.8 Å². The molecule has 1 fully saturated rings. The van der Waals surface area contributed by atoms with Crippen molar-refractivity contribution in [3.05, 3.63) is 17.7 Å². The lowest BCUT2D eigenvalue weighted by Gasteiger charge is -2.39. The summed E-state index contributed by atoms with van der Waals surface area (Å²) in [7, 11) is 1.82. The van der Waals surface area contributed by atoms with Crippen LogP contribution in [0.3, 0.4) is 0 Å². The molecule has 0 bridgehead atoms. The third kappa shape index (κ3) is 2.03. The number of amides is 1. The number of carbonyl (C=O) groups is 1. The molecule has 2 atom stereocenters. The molecule has 1 heterocycles. The van der Waals surface area contributed by atoms with Gasteiger partial charge in [0.05, 0.1) is 17.6 Å². The number of hydrogen-bond acceptors (Lipinski definition) is 3. The summed E-state index contributed by atoms with van der Waals surface area (Å²) in [6.07, 6.45) is 5.53. The van der Waals surface area contributed by atoms with Gasteiger partial charge in [-0.2, -0.15) is 0 Å². The van der Waals surface area contributed by atoms with Crippen molar-refractivity contribution >= 4 is 5.91 Å². The van der Waals surface area contributed by atoms with Gasteiger partial charge in [0.2, 0.25) is 5.91 Å². The lowest BCUT2D eigenvalue weighted by molar-refractivity contribution is -0.126. The quantitative estimate of drug-likeness (QED) is 0.842. The molecule has 5 nitrogen and oxygen atoms in total. The van der Waals surface area contributed by atoms with Crippen molar-refractivity contribution in [1.29, 1.82) is 0 Å². The van der Waals surface area contributed by atoms with Crippen LogP contribution in [0.15, 0.2) is 6.33 Å². The Morgan fingerprint density at radius 2 is 2.33 bits per heavy atom. The number of likely N-dealkylation sites (N-methyl/N-ethyl adjacent to an activating group) is 1. The molecule has 0 radical (unpaired) electrons. The van der Waals surface area contributed by atoms with Crippen LogP contribution in [0.5, 0.6) is 0 Å². The monoisotopic (exact) mass is 250 g/mol. The molecule has 1 aliphatic carbocycles. The second kappa shape index (κ2) is 4.72. The lowest BCUT2D eigenvalue weighted by Crippen LogP contribution is -2.56. The third-order valence-electron chi connectivity index (χ3n) is 4.36. The van der Waals surface area contributed by atoms with Gasteiger partial charge in [-0.15, -0.1) is 0 Å². The average Bonchev–Trinajstić information content (AvgIpc) is 2.70. The van der Waals surface area contributed by atoms with Gasteiger partial charge < -0.3 is 15.6 Å². The minimum Gasteiger partial charge on any atom is -0.368 e. The number of hydrogen-bond donors (Lipinski definition) is 2. The van der Waals surface area contributed by atoms with E-state index in [-0.39, 0.29) is 5.91 Å². The van der Waals surface area contributed by atoms with Crippen molar-refractivity contribution in [3.8, 4) is 0 Å². The Balaban J connectivity index is 2.26. The zero-order valence-electron chi connectivity index (χ0n) is 11.4. The van der Waals surface area contributed by atoms with Gasteiger partial charge in [-0.05, 0) is 46.6 Å². The van der Waals surface area contributed by atoms with Crippen molar-refractivity contribution in [2.75, 3.05) is 7.05 Å². The molecule has 0 spiro atoms. The number of carbonyl (C=O) groups excluding carboxylic acids is 1. The maximum Gasteiger partial charge on any atom is 0.237 e. The van der Waals surface area contributed by atoms with Crippen molar-refractivity contribution in [1.82, 2.24) is 14.9 Å². The predicted molar refractivity (Wildman–Crippen MR) is 70.2 cm³/mol. The minimum atomic E-state index is -0.562. The average molecular weight is 250 g/mol. The molecule has 100 valence electrons. The molecule has 1 aliphatic rings. The van der Waals surface area contributed by atoms with Gasteiger partial charge in [-0.3, -0.25) is 4.79 Å². The van der Waals surface area contributed by atoms with Crippen LogP contribution in [0.4, 0.5) is 0 Å². The van der Waals surface area contributed by atoms with Crippen molar-refractivity contribution < 1.29 is 4.79 Å². The van der Waals surface area contributed by atoms with Gasteiger partial charge in [-0.25, -0.2) is 4.98 Å². The maximum atomic E-state index is 11.7.